The predicted octanol–water partition coefficient (Wildman–Crippen LogP) is 7.78. The molecule has 4 heterocycles. The SMILES string of the molecule is CCCC1CC(N2c3ccccc3Sc3cc(-c4cccnc4)ccc32)CCN1Cc1ccoc1. The van der Waals surface area contributed by atoms with E-state index in [1.807, 2.05) is 36.5 Å². The van der Waals surface area contributed by atoms with Crippen molar-refractivity contribution < 1.29 is 4.42 Å². The van der Waals surface area contributed by atoms with Crippen LogP contribution in [0.5, 0.6) is 0 Å². The summed E-state index contributed by atoms with van der Waals surface area (Å²) in [5.41, 5.74) is 6.35. The zero-order valence-corrected chi connectivity index (χ0v) is 21.0. The lowest BCUT2D eigenvalue weighted by molar-refractivity contribution is 0.119. The summed E-state index contributed by atoms with van der Waals surface area (Å²) in [5.74, 6) is 0. The van der Waals surface area contributed by atoms with Gasteiger partial charge in [-0.25, -0.2) is 0 Å². The third-order valence-corrected chi connectivity index (χ3v) is 8.43. The molecule has 2 unspecified atom stereocenters. The molecular formula is C30H31N3OS. The Kier molecular flexibility index (Phi) is 6.36. The van der Waals surface area contributed by atoms with Crippen LogP contribution in [0.4, 0.5) is 11.4 Å². The Labute approximate surface area is 212 Å². The molecule has 178 valence electrons. The largest absolute Gasteiger partial charge is 0.472 e. The van der Waals surface area contributed by atoms with Crippen LogP contribution in [-0.4, -0.2) is 28.5 Å². The molecule has 4 nitrogen and oxygen atoms in total. The summed E-state index contributed by atoms with van der Waals surface area (Å²) < 4.78 is 5.35. The van der Waals surface area contributed by atoms with Gasteiger partial charge in [-0.15, -0.1) is 0 Å². The third-order valence-electron chi connectivity index (χ3n) is 7.32. The van der Waals surface area contributed by atoms with Gasteiger partial charge in [0.25, 0.3) is 0 Å². The number of para-hydroxylation sites is 1. The molecule has 2 aliphatic heterocycles. The summed E-state index contributed by atoms with van der Waals surface area (Å²) in [7, 11) is 0. The van der Waals surface area contributed by atoms with Gasteiger partial charge in [-0.1, -0.05) is 49.4 Å². The Balaban J connectivity index is 1.33. The Hall–Kier alpha value is -3.02. The Morgan fingerprint density at radius 3 is 2.74 bits per heavy atom. The highest BCUT2D eigenvalue weighted by Crippen LogP contribution is 2.51. The van der Waals surface area contributed by atoms with Crippen molar-refractivity contribution in [3.63, 3.8) is 0 Å². The lowest BCUT2D eigenvalue weighted by Gasteiger charge is -2.46. The van der Waals surface area contributed by atoms with Crippen molar-refractivity contribution in [2.24, 2.45) is 0 Å². The van der Waals surface area contributed by atoms with Crippen LogP contribution >= 0.6 is 11.8 Å². The van der Waals surface area contributed by atoms with Crippen molar-refractivity contribution in [1.29, 1.82) is 0 Å². The van der Waals surface area contributed by atoms with Gasteiger partial charge in [-0.3, -0.25) is 9.88 Å². The normalized spacial score (nSPS) is 19.9. The minimum Gasteiger partial charge on any atom is -0.472 e. The zero-order valence-electron chi connectivity index (χ0n) is 20.1. The van der Waals surface area contributed by atoms with Crippen LogP contribution in [0.3, 0.4) is 0 Å². The Morgan fingerprint density at radius 2 is 1.91 bits per heavy atom. The van der Waals surface area contributed by atoms with Crippen molar-refractivity contribution in [3.05, 3.63) is 91.1 Å². The highest BCUT2D eigenvalue weighted by Gasteiger charge is 2.35. The van der Waals surface area contributed by atoms with E-state index in [4.69, 9.17) is 4.42 Å². The fourth-order valence-electron chi connectivity index (χ4n) is 5.66. The molecular weight excluding hydrogens is 450 g/mol. The summed E-state index contributed by atoms with van der Waals surface area (Å²) in [6.45, 7) is 4.39. The quantitative estimate of drug-likeness (QED) is 0.281. The number of furan rings is 1. The molecule has 5 heteroatoms. The lowest BCUT2D eigenvalue weighted by atomic mass is 9.91. The minimum absolute atomic E-state index is 0.484. The van der Waals surface area contributed by atoms with Crippen LogP contribution in [0.15, 0.2) is 99.8 Å². The van der Waals surface area contributed by atoms with Crippen LogP contribution in [0.2, 0.25) is 0 Å². The van der Waals surface area contributed by atoms with Crippen molar-refractivity contribution in [1.82, 2.24) is 9.88 Å². The van der Waals surface area contributed by atoms with Crippen LogP contribution in [0, 0.1) is 0 Å². The first-order valence-electron chi connectivity index (χ1n) is 12.7. The van der Waals surface area contributed by atoms with Crippen molar-refractivity contribution in [2.45, 2.75) is 61.0 Å². The van der Waals surface area contributed by atoms with Crippen LogP contribution in [0.1, 0.15) is 38.2 Å². The fourth-order valence-corrected chi connectivity index (χ4v) is 6.78. The Morgan fingerprint density at radius 1 is 1.00 bits per heavy atom. The van der Waals surface area contributed by atoms with E-state index < -0.39 is 0 Å². The molecule has 6 rings (SSSR count). The molecule has 0 spiro atoms. The van der Waals surface area contributed by atoms with Gasteiger partial charge < -0.3 is 9.32 Å². The number of likely N-dealkylation sites (tertiary alicyclic amines) is 1. The average molecular weight is 482 g/mol. The summed E-state index contributed by atoms with van der Waals surface area (Å²) in [6, 6.07) is 23.1. The first-order valence-corrected chi connectivity index (χ1v) is 13.5. The second-order valence-corrected chi connectivity index (χ2v) is 10.7. The van der Waals surface area contributed by atoms with Crippen LogP contribution < -0.4 is 4.90 Å². The molecule has 0 radical (unpaired) electrons. The number of pyridine rings is 1. The van der Waals surface area contributed by atoms with Gasteiger partial charge >= 0.3 is 0 Å². The lowest BCUT2D eigenvalue weighted by Crippen LogP contribution is -2.49. The highest BCUT2D eigenvalue weighted by molar-refractivity contribution is 7.99. The Bertz CT molecular complexity index is 1270. The van der Waals surface area contributed by atoms with E-state index >= 15 is 0 Å². The number of rotatable bonds is 6. The van der Waals surface area contributed by atoms with Gasteiger partial charge in [0.1, 0.15) is 0 Å². The van der Waals surface area contributed by atoms with E-state index in [0.29, 0.717) is 12.1 Å². The summed E-state index contributed by atoms with van der Waals surface area (Å²) >= 11 is 1.89. The summed E-state index contributed by atoms with van der Waals surface area (Å²) in [5, 5.41) is 0. The molecule has 0 N–H and O–H groups in total. The fraction of sp³-hybridized carbons (Fsp3) is 0.300. The molecule has 4 aromatic rings. The van der Waals surface area contributed by atoms with Crippen molar-refractivity contribution in [3.8, 4) is 11.1 Å². The van der Waals surface area contributed by atoms with E-state index in [1.165, 1.54) is 51.6 Å². The zero-order chi connectivity index (χ0) is 23.6. The minimum atomic E-state index is 0.484. The molecule has 1 saturated heterocycles. The molecule has 35 heavy (non-hydrogen) atoms. The smallest absolute Gasteiger partial charge is 0.0947 e. The number of anilines is 2. The topological polar surface area (TPSA) is 32.5 Å². The van der Waals surface area contributed by atoms with Gasteiger partial charge in [0.2, 0.25) is 0 Å². The van der Waals surface area contributed by atoms with Crippen LogP contribution in [0.25, 0.3) is 11.1 Å². The van der Waals surface area contributed by atoms with Crippen LogP contribution in [-0.2, 0) is 6.54 Å². The van der Waals surface area contributed by atoms with Gasteiger partial charge in [-0.2, -0.15) is 0 Å². The number of benzene rings is 2. The molecule has 2 aliphatic rings. The van der Waals surface area contributed by atoms with E-state index in [9.17, 15) is 0 Å². The molecule has 2 aromatic carbocycles. The highest BCUT2D eigenvalue weighted by atomic mass is 32.2. The van der Waals surface area contributed by atoms with Gasteiger partial charge in [0.05, 0.1) is 23.9 Å². The monoisotopic (exact) mass is 481 g/mol. The number of nitrogens with zero attached hydrogens (tertiary/aromatic N) is 3. The first-order chi connectivity index (χ1) is 17.3. The predicted molar refractivity (Wildman–Crippen MR) is 143 cm³/mol. The van der Waals surface area contributed by atoms with Crippen molar-refractivity contribution >= 4 is 23.1 Å². The maximum absolute atomic E-state index is 5.35. The second-order valence-electron chi connectivity index (χ2n) is 9.59. The van der Waals surface area contributed by atoms with E-state index in [0.717, 1.165) is 25.1 Å². The number of hydrogen-bond donors (Lipinski definition) is 0. The standard InChI is InChI=1S/C30H31N3OS/c1-2-6-25-18-26(12-15-32(25)20-22-13-16-34-21-22)33-27-8-3-4-9-29(27)35-30-17-23(10-11-28(30)33)24-7-5-14-31-19-24/h3-5,7-11,13-14,16-17,19,21,25-26H,2,6,12,15,18,20H2,1H3. The third kappa shape index (κ3) is 4.51. The van der Waals surface area contributed by atoms with E-state index in [-0.39, 0.29) is 0 Å². The first kappa shape index (κ1) is 22.4. The molecule has 0 amide bonds. The molecule has 0 saturated carbocycles. The van der Waals surface area contributed by atoms with Crippen molar-refractivity contribution in [2.75, 3.05) is 11.4 Å². The average Bonchev–Trinajstić information content (AvgIpc) is 3.42. The molecule has 0 bridgehead atoms. The number of piperidine rings is 1. The molecule has 1 fully saturated rings. The van der Waals surface area contributed by atoms with E-state index in [1.54, 1.807) is 6.26 Å². The maximum Gasteiger partial charge on any atom is 0.0947 e. The van der Waals surface area contributed by atoms with Gasteiger partial charge in [0, 0.05) is 58.5 Å². The second kappa shape index (κ2) is 9.92. The van der Waals surface area contributed by atoms with Gasteiger partial charge in [0.15, 0.2) is 0 Å². The van der Waals surface area contributed by atoms with Gasteiger partial charge in [-0.05, 0) is 61.2 Å². The number of hydrogen-bond acceptors (Lipinski definition) is 5. The summed E-state index contributed by atoms with van der Waals surface area (Å²) in [6.07, 6.45) is 12.2. The molecule has 2 atom stereocenters. The van der Waals surface area contributed by atoms with E-state index in [2.05, 4.69) is 76.3 Å². The molecule has 0 aliphatic carbocycles. The molecule has 2 aromatic heterocycles. The number of fused-ring (bicyclic) bond motifs is 2. The summed E-state index contributed by atoms with van der Waals surface area (Å²) in [4.78, 5) is 12.3. The maximum atomic E-state index is 5.35. The number of aromatic nitrogens is 1.